The van der Waals surface area contributed by atoms with Crippen LogP contribution in [0.5, 0.6) is 11.6 Å². The van der Waals surface area contributed by atoms with Crippen LogP contribution in [0, 0.1) is 5.82 Å². The number of aromatic nitrogens is 4. The zero-order valence-corrected chi connectivity index (χ0v) is 21.9. The molecule has 0 bridgehead atoms. The Bertz CT molecular complexity index is 1750. The quantitative estimate of drug-likeness (QED) is 0.193. The van der Waals surface area contributed by atoms with Crippen molar-refractivity contribution in [2.75, 3.05) is 0 Å². The fourth-order valence-corrected chi connectivity index (χ4v) is 4.69. The van der Waals surface area contributed by atoms with E-state index in [0.717, 1.165) is 39.0 Å². The molecule has 0 saturated heterocycles. The Hall–Kier alpha value is -4.55. The summed E-state index contributed by atoms with van der Waals surface area (Å²) in [6.45, 7) is 1.79. The molecular weight excluding hydrogens is 511 g/mol. The summed E-state index contributed by atoms with van der Waals surface area (Å²) in [5.74, 6) is 0.570. The van der Waals surface area contributed by atoms with E-state index in [-0.39, 0.29) is 5.82 Å². The lowest BCUT2D eigenvalue weighted by molar-refractivity contribution is 0.452. The Morgan fingerprint density at radius 2 is 1.67 bits per heavy atom. The van der Waals surface area contributed by atoms with Crippen molar-refractivity contribution in [2.45, 2.75) is 18.7 Å². The highest BCUT2D eigenvalue weighted by atomic mass is 35.5. The van der Waals surface area contributed by atoms with E-state index in [4.69, 9.17) is 21.3 Å². The van der Waals surface area contributed by atoms with Gasteiger partial charge < -0.3 is 4.74 Å². The van der Waals surface area contributed by atoms with Crippen LogP contribution in [0.4, 0.5) is 4.39 Å². The van der Waals surface area contributed by atoms with E-state index in [0.29, 0.717) is 23.6 Å². The lowest BCUT2D eigenvalue weighted by atomic mass is 10.0. The Labute approximate surface area is 230 Å². The van der Waals surface area contributed by atoms with E-state index in [1.807, 2.05) is 72.9 Å². The molecule has 0 aliphatic heterocycles. The highest BCUT2D eigenvalue weighted by Crippen LogP contribution is 2.35. The van der Waals surface area contributed by atoms with Crippen molar-refractivity contribution in [3.63, 3.8) is 0 Å². The van der Waals surface area contributed by atoms with Gasteiger partial charge in [0.2, 0.25) is 5.88 Å². The number of alkyl halides is 1. The molecule has 0 amide bonds. The molecule has 6 aromatic rings. The van der Waals surface area contributed by atoms with Gasteiger partial charge in [-0.15, -0.1) is 16.7 Å². The van der Waals surface area contributed by atoms with E-state index in [2.05, 4.69) is 28.5 Å². The van der Waals surface area contributed by atoms with Gasteiger partial charge in [-0.25, -0.2) is 14.1 Å². The minimum Gasteiger partial charge on any atom is -0.438 e. The fourth-order valence-electron chi connectivity index (χ4n) is 4.52. The van der Waals surface area contributed by atoms with E-state index >= 15 is 0 Å². The third-order valence-electron chi connectivity index (χ3n) is 6.51. The van der Waals surface area contributed by atoms with Crippen LogP contribution in [-0.4, -0.2) is 20.0 Å². The highest BCUT2D eigenvalue weighted by molar-refractivity contribution is 6.20. The van der Waals surface area contributed by atoms with E-state index in [1.165, 1.54) is 12.1 Å². The van der Waals surface area contributed by atoms with Gasteiger partial charge >= 0.3 is 0 Å². The summed E-state index contributed by atoms with van der Waals surface area (Å²) in [5.41, 5.74) is 6.02. The zero-order chi connectivity index (χ0) is 26.8. The first-order valence-corrected chi connectivity index (χ1v) is 13.0. The molecule has 39 heavy (non-hydrogen) atoms. The fraction of sp³-hybridized carbons (Fsp3) is 0.0938. The second kappa shape index (κ2) is 10.7. The summed E-state index contributed by atoms with van der Waals surface area (Å²) in [6, 6.07) is 32.4. The minimum atomic E-state index is -0.431. The molecule has 0 saturated carbocycles. The summed E-state index contributed by atoms with van der Waals surface area (Å²) in [4.78, 5) is 4.87. The van der Waals surface area contributed by atoms with Crippen LogP contribution in [0.2, 0.25) is 0 Å². The Balaban J connectivity index is 1.41. The van der Waals surface area contributed by atoms with Crippen LogP contribution in [-0.2, 0) is 6.42 Å². The third-order valence-corrected chi connectivity index (χ3v) is 6.74. The van der Waals surface area contributed by atoms with Crippen molar-refractivity contribution < 1.29 is 9.13 Å². The number of benzene rings is 4. The van der Waals surface area contributed by atoms with Crippen LogP contribution < -0.4 is 4.74 Å². The maximum Gasteiger partial charge on any atom is 0.223 e. The van der Waals surface area contributed by atoms with Crippen LogP contribution >= 0.6 is 11.6 Å². The van der Waals surface area contributed by atoms with Crippen LogP contribution in [0.1, 0.15) is 29.0 Å². The maximum absolute atomic E-state index is 14.0. The molecule has 2 aromatic heterocycles. The molecule has 5 nitrogen and oxygen atoms in total. The van der Waals surface area contributed by atoms with Crippen molar-refractivity contribution in [3.05, 3.63) is 132 Å². The van der Waals surface area contributed by atoms with Gasteiger partial charge in [0, 0.05) is 28.5 Å². The molecule has 0 spiro atoms. The average molecular weight is 535 g/mol. The number of hydrogen-bond acceptors (Lipinski definition) is 4. The average Bonchev–Trinajstić information content (AvgIpc) is 3.45. The summed E-state index contributed by atoms with van der Waals surface area (Å²) in [5, 5.41) is 9.20. The van der Waals surface area contributed by atoms with Gasteiger partial charge in [0.1, 0.15) is 17.3 Å². The molecule has 0 radical (unpaired) electrons. The largest absolute Gasteiger partial charge is 0.438 e. The van der Waals surface area contributed by atoms with Crippen LogP contribution in [0.3, 0.4) is 0 Å². The highest BCUT2D eigenvalue weighted by Gasteiger charge is 2.16. The summed E-state index contributed by atoms with van der Waals surface area (Å²) >= 11 is 6.35. The van der Waals surface area contributed by atoms with Crippen LogP contribution in [0.25, 0.3) is 27.8 Å². The summed E-state index contributed by atoms with van der Waals surface area (Å²) in [6.07, 6.45) is 2.52. The Morgan fingerprint density at radius 3 is 2.44 bits per heavy atom. The molecule has 2 heterocycles. The Kier molecular flexibility index (Phi) is 6.78. The molecule has 192 valence electrons. The normalized spacial score (nSPS) is 12.0. The number of nitrogens with zero attached hydrogens (tertiary/aromatic N) is 4. The zero-order valence-electron chi connectivity index (χ0n) is 21.1. The lowest BCUT2D eigenvalue weighted by Crippen LogP contribution is -2.01. The van der Waals surface area contributed by atoms with Crippen molar-refractivity contribution >= 4 is 22.5 Å². The molecule has 0 fully saturated rings. The number of fused-ring (bicyclic) bond motifs is 1. The SMILES string of the molecule is CC(Cl)c1cc(F)ccc1Oc1nc2ccc(-n3cc(-c4ccccc4)nn3)cc2cc1Cc1ccccc1. The molecule has 1 unspecified atom stereocenters. The molecule has 7 heteroatoms. The van der Waals surface area contributed by atoms with Gasteiger partial charge in [0.05, 0.1) is 22.8 Å². The van der Waals surface area contributed by atoms with Gasteiger partial charge in [-0.05, 0) is 55.0 Å². The molecule has 0 aliphatic rings. The number of hydrogen-bond donors (Lipinski definition) is 0. The van der Waals surface area contributed by atoms with Gasteiger partial charge in [0.25, 0.3) is 0 Å². The minimum absolute atomic E-state index is 0.364. The van der Waals surface area contributed by atoms with E-state index < -0.39 is 5.38 Å². The standard InChI is InChI=1S/C32H24ClFN4O/c1-21(33)28-19-26(34)12-15-31(28)39-32-25(16-22-8-4-2-5-9-22)17-24-18-27(13-14-29(24)35-32)38-20-30(36-37-38)23-10-6-3-7-11-23/h2-15,17-21H,16H2,1H3. The first-order chi connectivity index (χ1) is 19.0. The molecular formula is C32H24ClFN4O. The first kappa shape index (κ1) is 24.8. The second-order valence-corrected chi connectivity index (χ2v) is 9.96. The van der Waals surface area contributed by atoms with Crippen molar-refractivity contribution in [2.24, 2.45) is 0 Å². The smallest absolute Gasteiger partial charge is 0.223 e. The summed E-state index contributed by atoms with van der Waals surface area (Å²) < 4.78 is 22.0. The van der Waals surface area contributed by atoms with Gasteiger partial charge in [-0.1, -0.05) is 65.9 Å². The van der Waals surface area contributed by atoms with Crippen molar-refractivity contribution in [3.8, 4) is 28.6 Å². The van der Waals surface area contributed by atoms with Crippen molar-refractivity contribution in [1.29, 1.82) is 0 Å². The predicted molar refractivity (Wildman–Crippen MR) is 152 cm³/mol. The number of rotatable bonds is 7. The second-order valence-electron chi connectivity index (χ2n) is 9.31. The van der Waals surface area contributed by atoms with Gasteiger partial charge in [-0.3, -0.25) is 0 Å². The molecule has 1 atom stereocenters. The monoisotopic (exact) mass is 534 g/mol. The molecule has 6 rings (SSSR count). The third kappa shape index (κ3) is 5.38. The molecule has 0 aliphatic carbocycles. The topological polar surface area (TPSA) is 52.8 Å². The molecule has 0 N–H and O–H groups in total. The van der Waals surface area contributed by atoms with Gasteiger partial charge in [0.15, 0.2) is 0 Å². The van der Waals surface area contributed by atoms with Crippen molar-refractivity contribution in [1.82, 2.24) is 20.0 Å². The number of ether oxygens (including phenoxy) is 1. The van der Waals surface area contributed by atoms with E-state index in [9.17, 15) is 4.39 Å². The predicted octanol–water partition coefficient (Wildman–Crippen LogP) is 8.30. The number of halogens is 2. The Morgan fingerprint density at radius 1 is 0.897 bits per heavy atom. The maximum atomic E-state index is 14.0. The summed E-state index contributed by atoms with van der Waals surface area (Å²) in [7, 11) is 0. The number of pyridine rings is 1. The lowest BCUT2D eigenvalue weighted by Gasteiger charge is -2.16. The van der Waals surface area contributed by atoms with Gasteiger partial charge in [-0.2, -0.15) is 0 Å². The van der Waals surface area contributed by atoms with Crippen LogP contribution in [0.15, 0.2) is 109 Å². The first-order valence-electron chi connectivity index (χ1n) is 12.6. The van der Waals surface area contributed by atoms with E-state index in [1.54, 1.807) is 17.7 Å². The molecule has 4 aromatic carbocycles.